The number of nitrogens with zero attached hydrogens (tertiary/aromatic N) is 1. The molecule has 0 unspecified atom stereocenters. The topological polar surface area (TPSA) is 60.2 Å². The SMILES string of the molecule is CCc1cc2cccc(OCC(F)(F)F)c2nc1NN. The summed E-state index contributed by atoms with van der Waals surface area (Å²) in [4.78, 5) is 4.24. The molecule has 0 spiro atoms. The molecule has 0 radical (unpaired) electrons. The molecule has 0 bridgehead atoms. The van der Waals surface area contributed by atoms with Gasteiger partial charge in [0.2, 0.25) is 0 Å². The van der Waals surface area contributed by atoms with Gasteiger partial charge in [-0.05, 0) is 24.1 Å². The number of benzene rings is 1. The van der Waals surface area contributed by atoms with Crippen molar-refractivity contribution in [2.45, 2.75) is 19.5 Å². The molecule has 1 aromatic heterocycles. The second-order valence-electron chi connectivity index (χ2n) is 4.23. The lowest BCUT2D eigenvalue weighted by molar-refractivity contribution is -0.153. The molecule has 0 fully saturated rings. The zero-order valence-corrected chi connectivity index (χ0v) is 10.8. The van der Waals surface area contributed by atoms with Gasteiger partial charge < -0.3 is 10.2 Å². The van der Waals surface area contributed by atoms with Crippen LogP contribution in [0, 0.1) is 0 Å². The van der Waals surface area contributed by atoms with Crippen molar-refractivity contribution in [1.82, 2.24) is 4.98 Å². The van der Waals surface area contributed by atoms with Crippen LogP contribution in [0.5, 0.6) is 5.75 Å². The number of halogens is 3. The molecule has 1 heterocycles. The zero-order chi connectivity index (χ0) is 14.8. The number of para-hydroxylation sites is 1. The van der Waals surface area contributed by atoms with Gasteiger partial charge in [-0.25, -0.2) is 10.8 Å². The Kier molecular flexibility index (Phi) is 3.99. The zero-order valence-electron chi connectivity index (χ0n) is 10.8. The number of pyridine rings is 1. The predicted octanol–water partition coefficient (Wildman–Crippen LogP) is 3.02. The molecule has 0 amide bonds. The van der Waals surface area contributed by atoms with Crippen LogP contribution in [0.3, 0.4) is 0 Å². The van der Waals surface area contributed by atoms with Crippen molar-refractivity contribution >= 4 is 16.7 Å². The van der Waals surface area contributed by atoms with Gasteiger partial charge in [0.1, 0.15) is 17.1 Å². The van der Waals surface area contributed by atoms with Crippen molar-refractivity contribution in [3.05, 3.63) is 29.8 Å². The molecule has 4 nitrogen and oxygen atoms in total. The summed E-state index contributed by atoms with van der Waals surface area (Å²) in [6, 6.07) is 6.68. The Bertz CT molecular complexity index is 614. The van der Waals surface area contributed by atoms with E-state index in [4.69, 9.17) is 10.6 Å². The number of fused-ring (bicyclic) bond motifs is 1. The molecule has 0 aliphatic rings. The third-order valence-electron chi connectivity index (χ3n) is 2.80. The standard InChI is InChI=1S/C13H14F3N3O/c1-2-8-6-9-4-3-5-10(20-7-13(14,15)16)11(9)18-12(8)19-17/h3-6H,2,7,17H2,1H3,(H,18,19). The van der Waals surface area contributed by atoms with E-state index in [1.165, 1.54) is 6.07 Å². The van der Waals surface area contributed by atoms with Crippen molar-refractivity contribution in [1.29, 1.82) is 0 Å². The van der Waals surface area contributed by atoms with Gasteiger partial charge in [0.25, 0.3) is 0 Å². The van der Waals surface area contributed by atoms with E-state index in [1.807, 2.05) is 13.0 Å². The maximum Gasteiger partial charge on any atom is 0.422 e. The summed E-state index contributed by atoms with van der Waals surface area (Å²) in [6.07, 6.45) is -3.68. The molecule has 7 heteroatoms. The van der Waals surface area contributed by atoms with E-state index in [-0.39, 0.29) is 5.75 Å². The highest BCUT2D eigenvalue weighted by atomic mass is 19.4. The van der Waals surface area contributed by atoms with Crippen LogP contribution < -0.4 is 16.0 Å². The molecular formula is C13H14F3N3O. The number of aryl methyl sites for hydroxylation is 1. The summed E-state index contributed by atoms with van der Waals surface area (Å²) < 4.78 is 41.5. The summed E-state index contributed by atoms with van der Waals surface area (Å²) >= 11 is 0. The van der Waals surface area contributed by atoms with E-state index in [0.717, 1.165) is 5.56 Å². The average Bonchev–Trinajstić information content (AvgIpc) is 2.42. The molecule has 0 saturated heterocycles. The molecule has 0 aliphatic carbocycles. The summed E-state index contributed by atoms with van der Waals surface area (Å²) in [5, 5.41) is 0.709. The Balaban J connectivity index is 2.45. The highest BCUT2D eigenvalue weighted by molar-refractivity contribution is 5.87. The molecule has 108 valence electrons. The van der Waals surface area contributed by atoms with Crippen molar-refractivity contribution in [2.75, 3.05) is 12.0 Å². The smallest absolute Gasteiger partial charge is 0.422 e. The first kappa shape index (κ1) is 14.4. The second-order valence-corrected chi connectivity index (χ2v) is 4.23. The first-order valence-corrected chi connectivity index (χ1v) is 6.03. The van der Waals surface area contributed by atoms with E-state index in [9.17, 15) is 13.2 Å². The summed E-state index contributed by atoms with van der Waals surface area (Å²) in [6.45, 7) is 0.586. The van der Waals surface area contributed by atoms with Crippen LogP contribution in [0.2, 0.25) is 0 Å². The lowest BCUT2D eigenvalue weighted by Gasteiger charge is -2.13. The Morgan fingerprint density at radius 2 is 2.10 bits per heavy atom. The van der Waals surface area contributed by atoms with E-state index in [1.54, 1.807) is 12.1 Å². The number of nitrogens with one attached hydrogen (secondary N) is 1. The van der Waals surface area contributed by atoms with Gasteiger partial charge in [0, 0.05) is 5.39 Å². The fourth-order valence-electron chi connectivity index (χ4n) is 1.89. The van der Waals surface area contributed by atoms with Crippen molar-refractivity contribution in [2.24, 2.45) is 5.84 Å². The first-order chi connectivity index (χ1) is 9.44. The number of hydrazine groups is 1. The van der Waals surface area contributed by atoms with Crippen molar-refractivity contribution < 1.29 is 17.9 Å². The minimum absolute atomic E-state index is 0.0824. The predicted molar refractivity (Wildman–Crippen MR) is 70.5 cm³/mol. The van der Waals surface area contributed by atoms with Crippen molar-refractivity contribution in [3.8, 4) is 5.75 Å². The van der Waals surface area contributed by atoms with E-state index < -0.39 is 12.8 Å². The van der Waals surface area contributed by atoms with Crippen LogP contribution >= 0.6 is 0 Å². The monoisotopic (exact) mass is 285 g/mol. The highest BCUT2D eigenvalue weighted by Gasteiger charge is 2.28. The molecule has 0 aliphatic heterocycles. The fraction of sp³-hybridized carbons (Fsp3) is 0.308. The maximum atomic E-state index is 12.2. The number of anilines is 1. The molecule has 20 heavy (non-hydrogen) atoms. The lowest BCUT2D eigenvalue weighted by Crippen LogP contribution is -2.19. The lowest BCUT2D eigenvalue weighted by atomic mass is 10.1. The van der Waals surface area contributed by atoms with E-state index >= 15 is 0 Å². The minimum Gasteiger partial charge on any atom is -0.482 e. The summed E-state index contributed by atoms with van der Waals surface area (Å²) in [5.41, 5.74) is 3.68. The molecule has 0 saturated carbocycles. The molecular weight excluding hydrogens is 271 g/mol. The number of nitrogen functional groups attached to an aromatic ring is 1. The largest absolute Gasteiger partial charge is 0.482 e. The van der Waals surface area contributed by atoms with Crippen LogP contribution in [-0.2, 0) is 6.42 Å². The van der Waals surface area contributed by atoms with Gasteiger partial charge in [-0.1, -0.05) is 19.1 Å². The molecule has 1 aromatic carbocycles. The number of ether oxygens (including phenoxy) is 1. The van der Waals surface area contributed by atoms with E-state index in [2.05, 4.69) is 10.4 Å². The highest BCUT2D eigenvalue weighted by Crippen LogP contribution is 2.29. The quantitative estimate of drug-likeness (QED) is 0.669. The van der Waals surface area contributed by atoms with Gasteiger partial charge in [-0.15, -0.1) is 0 Å². The van der Waals surface area contributed by atoms with Crippen LogP contribution in [-0.4, -0.2) is 17.8 Å². The molecule has 2 aromatic rings. The van der Waals surface area contributed by atoms with Crippen LogP contribution in [0.15, 0.2) is 24.3 Å². The molecule has 0 atom stereocenters. The van der Waals surface area contributed by atoms with Gasteiger partial charge in [0.15, 0.2) is 6.61 Å². The number of nitrogens with two attached hydrogens (primary N) is 1. The number of aromatic nitrogens is 1. The third-order valence-corrected chi connectivity index (χ3v) is 2.80. The van der Waals surface area contributed by atoms with Gasteiger partial charge >= 0.3 is 6.18 Å². The number of rotatable bonds is 4. The Morgan fingerprint density at radius 3 is 2.70 bits per heavy atom. The van der Waals surface area contributed by atoms with Crippen LogP contribution in [0.25, 0.3) is 10.9 Å². The molecule has 3 N–H and O–H groups in total. The minimum atomic E-state index is -4.39. The Morgan fingerprint density at radius 1 is 1.35 bits per heavy atom. The normalized spacial score (nSPS) is 11.7. The fourth-order valence-corrected chi connectivity index (χ4v) is 1.89. The average molecular weight is 285 g/mol. The van der Waals surface area contributed by atoms with Gasteiger partial charge in [-0.2, -0.15) is 13.2 Å². The number of alkyl halides is 3. The first-order valence-electron chi connectivity index (χ1n) is 6.03. The Labute approximate surface area is 113 Å². The van der Waals surface area contributed by atoms with Crippen molar-refractivity contribution in [3.63, 3.8) is 0 Å². The molecule has 2 rings (SSSR count). The van der Waals surface area contributed by atoms with Crippen LogP contribution in [0.4, 0.5) is 19.0 Å². The second kappa shape index (κ2) is 5.54. The Hall–Kier alpha value is -2.02. The third kappa shape index (κ3) is 3.11. The van der Waals surface area contributed by atoms with Crippen LogP contribution in [0.1, 0.15) is 12.5 Å². The van der Waals surface area contributed by atoms with Gasteiger partial charge in [0.05, 0.1) is 0 Å². The number of hydrogen-bond acceptors (Lipinski definition) is 4. The summed E-state index contributed by atoms with van der Waals surface area (Å²) in [5.74, 6) is 5.89. The van der Waals surface area contributed by atoms with Gasteiger partial charge in [-0.3, -0.25) is 0 Å². The van der Waals surface area contributed by atoms with E-state index in [0.29, 0.717) is 23.1 Å². The summed E-state index contributed by atoms with van der Waals surface area (Å²) in [7, 11) is 0. The maximum absolute atomic E-state index is 12.2. The number of hydrogen-bond donors (Lipinski definition) is 2.